The van der Waals surface area contributed by atoms with Gasteiger partial charge in [-0.1, -0.05) is 0 Å². The van der Waals surface area contributed by atoms with Gasteiger partial charge in [-0.3, -0.25) is 4.79 Å². The maximum atomic E-state index is 11.9. The smallest absolute Gasteiger partial charge is 0.256 e. The zero-order valence-corrected chi connectivity index (χ0v) is 12.3. The summed E-state index contributed by atoms with van der Waals surface area (Å²) in [7, 11) is 0. The molecule has 0 spiro atoms. The van der Waals surface area contributed by atoms with E-state index in [9.17, 15) is 4.79 Å². The molecule has 0 aliphatic carbocycles. The third kappa shape index (κ3) is 2.64. The lowest BCUT2D eigenvalue weighted by atomic mass is 10.1. The summed E-state index contributed by atoms with van der Waals surface area (Å²) in [5.41, 5.74) is 10.3. The molecular weight excluding hydrogens is 299 g/mol. The maximum absolute atomic E-state index is 11.9. The van der Waals surface area contributed by atoms with Crippen LogP contribution in [0.25, 0.3) is 11.6 Å². The highest BCUT2D eigenvalue weighted by molar-refractivity contribution is 6.35. The Morgan fingerprint density at radius 1 is 1.30 bits per heavy atom. The van der Waals surface area contributed by atoms with Crippen molar-refractivity contribution in [3.8, 4) is 0 Å². The summed E-state index contributed by atoms with van der Waals surface area (Å²) >= 11 is 0. The highest BCUT2D eigenvalue weighted by Crippen LogP contribution is 2.34. The lowest BCUT2D eigenvalue weighted by Crippen LogP contribution is -2.03. The van der Waals surface area contributed by atoms with Crippen LogP contribution in [0.1, 0.15) is 17.0 Å². The van der Waals surface area contributed by atoms with Gasteiger partial charge < -0.3 is 16.0 Å². The van der Waals surface area contributed by atoms with Gasteiger partial charge in [0.1, 0.15) is 0 Å². The average Bonchev–Trinajstić information content (AvgIpc) is 2.86. The molecule has 2 aromatic rings. The molecule has 0 atom stereocenters. The van der Waals surface area contributed by atoms with Crippen molar-refractivity contribution in [2.24, 2.45) is 0 Å². The van der Waals surface area contributed by atoms with E-state index >= 15 is 0 Å². The predicted octanol–water partition coefficient (Wildman–Crippen LogP) is 2.64. The van der Waals surface area contributed by atoms with Crippen LogP contribution in [0.3, 0.4) is 0 Å². The second-order valence-corrected chi connectivity index (χ2v) is 4.23. The Morgan fingerprint density at radius 3 is 2.70 bits per heavy atom. The fourth-order valence-corrected chi connectivity index (χ4v) is 2.00. The average molecular weight is 313 g/mol. The van der Waals surface area contributed by atoms with Crippen molar-refractivity contribution >= 4 is 53.7 Å². The molecule has 106 valence electrons. The van der Waals surface area contributed by atoms with Crippen molar-refractivity contribution in [3.63, 3.8) is 0 Å². The van der Waals surface area contributed by atoms with Crippen molar-refractivity contribution in [3.05, 3.63) is 41.5 Å². The minimum Gasteiger partial charge on any atom is -0.399 e. The molecule has 1 aromatic heterocycles. The number of halogens is 2. The SMILES string of the molecule is Cc1[nH]cnc1/C=C1\C(=O)Nc2ccc(N)cc21.Cl.Cl. The highest BCUT2D eigenvalue weighted by atomic mass is 35.5. The van der Waals surface area contributed by atoms with E-state index in [0.29, 0.717) is 11.3 Å². The second kappa shape index (κ2) is 5.98. The Labute approximate surface area is 128 Å². The van der Waals surface area contributed by atoms with E-state index < -0.39 is 0 Å². The fraction of sp³-hybridized carbons (Fsp3) is 0.0769. The number of carbonyl (C=O) groups excluding carboxylic acids is 1. The number of carbonyl (C=O) groups is 1. The number of rotatable bonds is 1. The number of fused-ring (bicyclic) bond motifs is 1. The fourth-order valence-electron chi connectivity index (χ4n) is 2.00. The van der Waals surface area contributed by atoms with E-state index in [2.05, 4.69) is 15.3 Å². The number of anilines is 2. The Bertz CT molecular complexity index is 679. The largest absolute Gasteiger partial charge is 0.399 e. The number of H-pyrrole nitrogens is 1. The molecule has 7 heteroatoms. The predicted molar refractivity (Wildman–Crippen MR) is 85.2 cm³/mol. The normalized spacial score (nSPS) is 14.2. The summed E-state index contributed by atoms with van der Waals surface area (Å²) in [6, 6.07) is 5.36. The number of nitrogens with one attached hydrogen (secondary N) is 2. The molecular formula is C13H14Cl2N4O. The Morgan fingerprint density at radius 2 is 2.05 bits per heavy atom. The molecule has 1 aliphatic heterocycles. The number of hydrogen-bond acceptors (Lipinski definition) is 3. The first-order valence-corrected chi connectivity index (χ1v) is 5.58. The summed E-state index contributed by atoms with van der Waals surface area (Å²) in [6.45, 7) is 1.91. The van der Waals surface area contributed by atoms with E-state index in [1.54, 1.807) is 30.6 Å². The quantitative estimate of drug-likeness (QED) is 0.559. The number of aryl methyl sites for hydroxylation is 1. The standard InChI is InChI=1S/C13H12N4O.2ClH/c1-7-12(16-6-15-7)5-10-9-4-8(14)2-3-11(9)17-13(10)18;;/h2-6H,14H2,1H3,(H,15,16)(H,17,18);2*1H/b10-5-;;. The van der Waals surface area contributed by atoms with E-state index in [-0.39, 0.29) is 30.7 Å². The molecule has 20 heavy (non-hydrogen) atoms. The summed E-state index contributed by atoms with van der Waals surface area (Å²) < 4.78 is 0. The van der Waals surface area contributed by atoms with Crippen molar-refractivity contribution in [1.29, 1.82) is 0 Å². The third-order valence-electron chi connectivity index (χ3n) is 2.98. The van der Waals surface area contributed by atoms with Crippen LogP contribution >= 0.6 is 24.8 Å². The maximum Gasteiger partial charge on any atom is 0.256 e. The zero-order chi connectivity index (χ0) is 12.7. The van der Waals surface area contributed by atoms with Crippen molar-refractivity contribution in [2.75, 3.05) is 11.1 Å². The molecule has 1 amide bonds. The van der Waals surface area contributed by atoms with Gasteiger partial charge in [-0.2, -0.15) is 0 Å². The van der Waals surface area contributed by atoms with Gasteiger partial charge in [0.2, 0.25) is 0 Å². The van der Waals surface area contributed by atoms with E-state index in [1.165, 1.54) is 0 Å². The topological polar surface area (TPSA) is 83.8 Å². The first-order chi connectivity index (χ1) is 8.65. The molecule has 0 radical (unpaired) electrons. The molecule has 2 heterocycles. The molecule has 0 saturated heterocycles. The number of nitrogen functional groups attached to an aromatic ring is 1. The number of aromatic amines is 1. The van der Waals surface area contributed by atoms with Crippen molar-refractivity contribution in [1.82, 2.24) is 9.97 Å². The van der Waals surface area contributed by atoms with Crippen molar-refractivity contribution < 1.29 is 4.79 Å². The number of benzene rings is 1. The second-order valence-electron chi connectivity index (χ2n) is 4.23. The van der Waals surface area contributed by atoms with Crippen LogP contribution in [0.2, 0.25) is 0 Å². The molecule has 0 bridgehead atoms. The molecule has 4 N–H and O–H groups in total. The number of nitrogens with zero attached hydrogens (tertiary/aromatic N) is 1. The van der Waals surface area contributed by atoms with Gasteiger partial charge in [0.15, 0.2) is 0 Å². The third-order valence-corrected chi connectivity index (χ3v) is 2.98. The van der Waals surface area contributed by atoms with Crippen LogP contribution in [-0.2, 0) is 4.79 Å². The van der Waals surface area contributed by atoms with Crippen LogP contribution in [0.15, 0.2) is 24.5 Å². The van der Waals surface area contributed by atoms with Crippen LogP contribution in [-0.4, -0.2) is 15.9 Å². The first-order valence-electron chi connectivity index (χ1n) is 5.58. The van der Waals surface area contributed by atoms with Gasteiger partial charge in [0.25, 0.3) is 5.91 Å². The Hall–Kier alpha value is -1.98. The summed E-state index contributed by atoms with van der Waals surface area (Å²) in [6.07, 6.45) is 3.38. The van der Waals surface area contributed by atoms with Crippen LogP contribution < -0.4 is 11.1 Å². The van der Waals surface area contributed by atoms with E-state index in [1.807, 2.05) is 6.92 Å². The number of amides is 1. The summed E-state index contributed by atoms with van der Waals surface area (Å²) in [5.74, 6) is -0.127. The zero-order valence-electron chi connectivity index (χ0n) is 10.6. The van der Waals surface area contributed by atoms with E-state index in [0.717, 1.165) is 22.6 Å². The number of hydrogen-bond donors (Lipinski definition) is 3. The number of nitrogens with two attached hydrogens (primary N) is 1. The minimum absolute atomic E-state index is 0. The van der Waals surface area contributed by atoms with Gasteiger partial charge in [-0.05, 0) is 31.2 Å². The Kier molecular flexibility index (Phi) is 4.81. The molecule has 5 nitrogen and oxygen atoms in total. The van der Waals surface area contributed by atoms with Gasteiger partial charge in [0, 0.05) is 22.6 Å². The molecule has 1 aromatic carbocycles. The lowest BCUT2D eigenvalue weighted by Gasteiger charge is -1.99. The minimum atomic E-state index is -0.127. The lowest BCUT2D eigenvalue weighted by molar-refractivity contribution is -0.110. The first kappa shape index (κ1) is 16.1. The number of imidazole rings is 1. The highest BCUT2D eigenvalue weighted by Gasteiger charge is 2.24. The van der Waals surface area contributed by atoms with Gasteiger partial charge in [-0.15, -0.1) is 24.8 Å². The molecule has 0 saturated carbocycles. The van der Waals surface area contributed by atoms with Crippen LogP contribution in [0, 0.1) is 6.92 Å². The van der Waals surface area contributed by atoms with Gasteiger partial charge >= 0.3 is 0 Å². The Balaban J connectivity index is 0.000001000. The molecule has 1 aliphatic rings. The summed E-state index contributed by atoms with van der Waals surface area (Å²) in [4.78, 5) is 19.1. The van der Waals surface area contributed by atoms with Crippen LogP contribution in [0.5, 0.6) is 0 Å². The summed E-state index contributed by atoms with van der Waals surface area (Å²) in [5, 5.41) is 2.81. The molecule has 0 unspecified atom stereocenters. The number of aromatic nitrogens is 2. The van der Waals surface area contributed by atoms with Gasteiger partial charge in [-0.25, -0.2) is 4.98 Å². The van der Waals surface area contributed by atoms with Gasteiger partial charge in [0.05, 0.1) is 17.6 Å². The molecule has 3 rings (SSSR count). The van der Waals surface area contributed by atoms with Crippen molar-refractivity contribution in [2.45, 2.75) is 6.92 Å². The molecule has 0 fully saturated rings. The van der Waals surface area contributed by atoms with Crippen LogP contribution in [0.4, 0.5) is 11.4 Å². The van der Waals surface area contributed by atoms with E-state index in [4.69, 9.17) is 5.73 Å². The monoisotopic (exact) mass is 312 g/mol.